The van der Waals surface area contributed by atoms with Crippen molar-refractivity contribution < 1.29 is 14.3 Å². The van der Waals surface area contributed by atoms with E-state index < -0.39 is 11.9 Å². The van der Waals surface area contributed by atoms with Gasteiger partial charge in [-0.2, -0.15) is 0 Å². The van der Waals surface area contributed by atoms with E-state index in [0.717, 1.165) is 12.0 Å². The van der Waals surface area contributed by atoms with E-state index in [1.54, 1.807) is 0 Å². The number of allylic oxidation sites excluding steroid dienone is 1. The van der Waals surface area contributed by atoms with Gasteiger partial charge in [-0.1, -0.05) is 19.1 Å². The maximum atomic E-state index is 11.1. The van der Waals surface area contributed by atoms with Crippen LogP contribution < -0.4 is 0 Å². The molecular weight excluding hydrogens is 168 g/mol. The van der Waals surface area contributed by atoms with Crippen molar-refractivity contribution in [2.24, 2.45) is 5.92 Å². The van der Waals surface area contributed by atoms with Crippen LogP contribution in [0.25, 0.3) is 0 Å². The minimum absolute atomic E-state index is 0.165. The lowest BCUT2D eigenvalue weighted by molar-refractivity contribution is -0.148. The molecular formula is C10H16O3. The second-order valence-electron chi connectivity index (χ2n) is 2.99. The van der Waals surface area contributed by atoms with Gasteiger partial charge in [-0.05, 0) is 19.8 Å². The fourth-order valence-corrected chi connectivity index (χ4v) is 0.968. The van der Waals surface area contributed by atoms with Crippen molar-refractivity contribution in [2.75, 3.05) is 7.11 Å². The average molecular weight is 184 g/mol. The Labute approximate surface area is 78.8 Å². The molecule has 13 heavy (non-hydrogen) atoms. The molecule has 0 fully saturated rings. The SMILES string of the molecule is C=C(CC)CC(C(C)=O)C(=O)OC. The minimum atomic E-state index is -0.669. The Balaban J connectivity index is 4.35. The van der Waals surface area contributed by atoms with Crippen molar-refractivity contribution >= 4 is 11.8 Å². The third-order valence-corrected chi connectivity index (χ3v) is 1.97. The number of hydrogen-bond acceptors (Lipinski definition) is 3. The second-order valence-corrected chi connectivity index (χ2v) is 2.99. The summed E-state index contributed by atoms with van der Waals surface area (Å²) in [6.45, 7) is 7.09. The zero-order valence-corrected chi connectivity index (χ0v) is 8.42. The first-order chi connectivity index (χ1) is 6.02. The molecule has 0 aliphatic rings. The van der Waals surface area contributed by atoms with E-state index in [9.17, 15) is 9.59 Å². The number of carbonyl (C=O) groups excluding carboxylic acids is 2. The summed E-state index contributed by atoms with van der Waals surface area (Å²) >= 11 is 0. The van der Waals surface area contributed by atoms with Gasteiger partial charge >= 0.3 is 5.97 Å². The van der Waals surface area contributed by atoms with Crippen LogP contribution in [-0.2, 0) is 14.3 Å². The summed E-state index contributed by atoms with van der Waals surface area (Å²) in [6, 6.07) is 0. The molecule has 74 valence electrons. The van der Waals surface area contributed by atoms with Crippen molar-refractivity contribution in [3.05, 3.63) is 12.2 Å². The molecule has 0 saturated carbocycles. The maximum Gasteiger partial charge on any atom is 0.316 e. The smallest absolute Gasteiger partial charge is 0.316 e. The summed E-state index contributed by atoms with van der Waals surface area (Å²) in [4.78, 5) is 22.2. The van der Waals surface area contributed by atoms with Gasteiger partial charge in [-0.15, -0.1) is 0 Å². The van der Waals surface area contributed by atoms with Crippen LogP contribution in [0, 0.1) is 5.92 Å². The Bertz CT molecular complexity index is 218. The van der Waals surface area contributed by atoms with Crippen LogP contribution in [0.3, 0.4) is 0 Å². The van der Waals surface area contributed by atoms with Gasteiger partial charge in [0, 0.05) is 0 Å². The number of rotatable bonds is 5. The van der Waals surface area contributed by atoms with Gasteiger partial charge in [0.1, 0.15) is 11.7 Å². The van der Waals surface area contributed by atoms with Gasteiger partial charge < -0.3 is 4.74 Å². The van der Waals surface area contributed by atoms with E-state index in [1.165, 1.54) is 14.0 Å². The summed E-state index contributed by atoms with van der Waals surface area (Å²) in [5, 5.41) is 0. The number of ether oxygens (including phenoxy) is 1. The molecule has 0 aromatic rings. The first-order valence-electron chi connectivity index (χ1n) is 4.27. The van der Waals surface area contributed by atoms with Crippen molar-refractivity contribution in [1.82, 2.24) is 0 Å². The lowest BCUT2D eigenvalue weighted by Crippen LogP contribution is -2.23. The molecule has 0 amide bonds. The highest BCUT2D eigenvalue weighted by Crippen LogP contribution is 2.15. The normalized spacial score (nSPS) is 11.9. The first kappa shape index (κ1) is 11.9. The molecule has 0 aromatic carbocycles. The van der Waals surface area contributed by atoms with Crippen LogP contribution in [0.1, 0.15) is 26.7 Å². The first-order valence-corrected chi connectivity index (χ1v) is 4.27. The number of carbonyl (C=O) groups is 2. The Morgan fingerprint density at radius 3 is 2.31 bits per heavy atom. The van der Waals surface area contributed by atoms with Gasteiger partial charge in [-0.3, -0.25) is 9.59 Å². The highest BCUT2D eigenvalue weighted by molar-refractivity contribution is 5.97. The molecule has 0 saturated heterocycles. The van der Waals surface area contributed by atoms with Crippen molar-refractivity contribution in [2.45, 2.75) is 26.7 Å². The molecule has 3 heteroatoms. The standard InChI is InChI=1S/C10H16O3/c1-5-7(2)6-9(8(3)11)10(12)13-4/h9H,2,5-6H2,1,3-4H3. The monoisotopic (exact) mass is 184 g/mol. The van der Waals surface area contributed by atoms with Crippen molar-refractivity contribution in [3.8, 4) is 0 Å². The Hall–Kier alpha value is -1.12. The molecule has 1 atom stereocenters. The van der Waals surface area contributed by atoms with Crippen LogP contribution in [0.2, 0.25) is 0 Å². The highest BCUT2D eigenvalue weighted by atomic mass is 16.5. The van der Waals surface area contributed by atoms with Crippen molar-refractivity contribution in [1.29, 1.82) is 0 Å². The molecule has 0 spiro atoms. The lowest BCUT2D eigenvalue weighted by Gasteiger charge is -2.11. The van der Waals surface area contributed by atoms with Crippen LogP contribution in [0.5, 0.6) is 0 Å². The molecule has 0 aromatic heterocycles. The second kappa shape index (κ2) is 5.51. The van der Waals surface area contributed by atoms with Gasteiger partial charge in [0.05, 0.1) is 7.11 Å². The maximum absolute atomic E-state index is 11.1. The summed E-state index contributed by atoms with van der Waals surface area (Å²) in [5.41, 5.74) is 0.894. The molecule has 0 heterocycles. The number of Topliss-reactive ketones (excluding diaryl/α,β-unsaturated/α-hetero) is 1. The summed E-state index contributed by atoms with van der Waals surface area (Å²) in [6.07, 6.45) is 1.18. The molecule has 0 aliphatic carbocycles. The number of hydrogen-bond donors (Lipinski definition) is 0. The van der Waals surface area contributed by atoms with Crippen LogP contribution >= 0.6 is 0 Å². The number of esters is 1. The van der Waals surface area contributed by atoms with E-state index >= 15 is 0 Å². The predicted molar refractivity (Wildman–Crippen MR) is 50.2 cm³/mol. The van der Waals surface area contributed by atoms with Crippen molar-refractivity contribution in [3.63, 3.8) is 0 Å². The lowest BCUT2D eigenvalue weighted by atomic mass is 9.96. The Morgan fingerprint density at radius 1 is 1.46 bits per heavy atom. The van der Waals surface area contributed by atoms with Gasteiger partial charge in [0.2, 0.25) is 0 Å². The highest BCUT2D eigenvalue weighted by Gasteiger charge is 2.24. The van der Waals surface area contributed by atoms with Crippen LogP contribution in [-0.4, -0.2) is 18.9 Å². The fraction of sp³-hybridized carbons (Fsp3) is 0.600. The molecule has 0 aliphatic heterocycles. The molecule has 0 bridgehead atoms. The summed E-state index contributed by atoms with van der Waals surface area (Å²) < 4.78 is 4.52. The topological polar surface area (TPSA) is 43.4 Å². The Morgan fingerprint density at radius 2 is 2.00 bits per heavy atom. The third kappa shape index (κ3) is 3.87. The molecule has 0 rings (SSSR count). The van der Waals surface area contributed by atoms with Gasteiger partial charge in [0.25, 0.3) is 0 Å². The Kier molecular flexibility index (Phi) is 5.04. The van der Waals surface area contributed by atoms with E-state index in [1.807, 2.05) is 6.92 Å². The number of methoxy groups -OCH3 is 1. The van der Waals surface area contributed by atoms with E-state index in [4.69, 9.17) is 0 Å². The fourth-order valence-electron chi connectivity index (χ4n) is 0.968. The number of ketones is 1. The third-order valence-electron chi connectivity index (χ3n) is 1.97. The van der Waals surface area contributed by atoms with Crippen LogP contribution in [0.4, 0.5) is 0 Å². The predicted octanol–water partition coefficient (Wildman–Crippen LogP) is 1.72. The molecule has 0 N–H and O–H groups in total. The van der Waals surface area contributed by atoms with E-state index in [0.29, 0.717) is 6.42 Å². The summed E-state index contributed by atoms with van der Waals surface area (Å²) in [7, 11) is 1.28. The minimum Gasteiger partial charge on any atom is -0.468 e. The van der Waals surface area contributed by atoms with Gasteiger partial charge in [-0.25, -0.2) is 0 Å². The van der Waals surface area contributed by atoms with E-state index in [-0.39, 0.29) is 5.78 Å². The molecule has 0 radical (unpaired) electrons. The zero-order valence-electron chi connectivity index (χ0n) is 8.42. The zero-order chi connectivity index (χ0) is 10.4. The van der Waals surface area contributed by atoms with Crippen LogP contribution in [0.15, 0.2) is 12.2 Å². The quantitative estimate of drug-likeness (QED) is 0.371. The average Bonchev–Trinajstić information content (AvgIpc) is 2.11. The molecule has 3 nitrogen and oxygen atoms in total. The largest absolute Gasteiger partial charge is 0.468 e. The van der Waals surface area contributed by atoms with Gasteiger partial charge in [0.15, 0.2) is 0 Å². The summed E-state index contributed by atoms with van der Waals surface area (Å²) in [5.74, 6) is -1.30. The van der Waals surface area contributed by atoms with E-state index in [2.05, 4.69) is 11.3 Å². The molecule has 1 unspecified atom stereocenters.